The molecule has 0 aliphatic rings. The molecule has 0 unspecified atom stereocenters. The van der Waals surface area contributed by atoms with Gasteiger partial charge in [-0.15, -0.1) is 10.2 Å². The number of rotatable bonds is 6. The van der Waals surface area contributed by atoms with Crippen LogP contribution in [-0.2, 0) is 16.0 Å². The van der Waals surface area contributed by atoms with Crippen molar-refractivity contribution in [2.75, 3.05) is 7.11 Å². The van der Waals surface area contributed by atoms with E-state index in [0.717, 1.165) is 39.0 Å². The molecule has 0 N–H and O–H groups in total. The average Bonchev–Trinajstić information content (AvgIpc) is 3.37. The van der Waals surface area contributed by atoms with Crippen molar-refractivity contribution in [1.82, 2.24) is 10.2 Å². The second-order valence-corrected chi connectivity index (χ2v) is 7.18. The largest absolute Gasteiger partial charge is 0.497 e. The standard InChI is InChI=1S/C23H22N2O5/c1-13-9-19-17(12-28-20(19)10-14(13)2)11-21(26)29-15(3)22-24-25-23(30-22)16-5-7-18(27-4)8-6-16/h5-10,12,15H,11H2,1-4H3/t15-/m1/s1. The van der Waals surface area contributed by atoms with E-state index in [1.807, 2.05) is 38.1 Å². The number of hydrogen-bond acceptors (Lipinski definition) is 7. The molecule has 1 atom stereocenters. The molecule has 2 aromatic heterocycles. The second kappa shape index (κ2) is 8.02. The maximum Gasteiger partial charge on any atom is 0.311 e. The summed E-state index contributed by atoms with van der Waals surface area (Å²) in [4.78, 5) is 12.5. The lowest BCUT2D eigenvalue weighted by atomic mass is 10.0. The van der Waals surface area contributed by atoms with Crippen LogP contribution in [0.5, 0.6) is 5.75 Å². The molecule has 7 heteroatoms. The zero-order valence-corrected chi connectivity index (χ0v) is 17.3. The first-order valence-electron chi connectivity index (χ1n) is 9.59. The van der Waals surface area contributed by atoms with Gasteiger partial charge in [0.1, 0.15) is 11.3 Å². The number of esters is 1. The van der Waals surface area contributed by atoms with E-state index in [1.54, 1.807) is 32.4 Å². The fourth-order valence-corrected chi connectivity index (χ4v) is 3.17. The molecule has 0 bridgehead atoms. The Morgan fingerprint density at radius 2 is 1.83 bits per heavy atom. The summed E-state index contributed by atoms with van der Waals surface area (Å²) in [5.41, 5.74) is 4.58. The molecular formula is C23H22N2O5. The molecule has 0 saturated heterocycles. The number of nitrogens with zero attached hydrogens (tertiary/aromatic N) is 2. The summed E-state index contributed by atoms with van der Waals surface area (Å²) in [6.45, 7) is 5.75. The Labute approximate surface area is 173 Å². The van der Waals surface area contributed by atoms with Crippen LogP contribution in [0.1, 0.15) is 35.6 Å². The van der Waals surface area contributed by atoms with E-state index in [-0.39, 0.29) is 12.3 Å². The van der Waals surface area contributed by atoms with E-state index in [0.29, 0.717) is 5.89 Å². The number of carbonyl (C=O) groups is 1. The van der Waals surface area contributed by atoms with Crippen LogP contribution in [0.4, 0.5) is 0 Å². The fourth-order valence-electron chi connectivity index (χ4n) is 3.17. The predicted molar refractivity (Wildman–Crippen MR) is 110 cm³/mol. The zero-order chi connectivity index (χ0) is 21.3. The third-order valence-electron chi connectivity index (χ3n) is 5.04. The maximum atomic E-state index is 12.5. The van der Waals surface area contributed by atoms with Crippen molar-refractivity contribution in [2.24, 2.45) is 0 Å². The van der Waals surface area contributed by atoms with E-state index in [9.17, 15) is 4.79 Å². The number of carbonyl (C=O) groups excluding carboxylic acids is 1. The van der Waals surface area contributed by atoms with Crippen LogP contribution < -0.4 is 4.74 Å². The van der Waals surface area contributed by atoms with E-state index in [2.05, 4.69) is 10.2 Å². The minimum absolute atomic E-state index is 0.0965. The lowest BCUT2D eigenvalue weighted by Gasteiger charge is -2.09. The van der Waals surface area contributed by atoms with Crippen molar-refractivity contribution in [1.29, 1.82) is 0 Å². The number of aryl methyl sites for hydroxylation is 2. The van der Waals surface area contributed by atoms with Crippen LogP contribution in [0.3, 0.4) is 0 Å². The van der Waals surface area contributed by atoms with Crippen LogP contribution in [0.25, 0.3) is 22.4 Å². The van der Waals surface area contributed by atoms with Gasteiger partial charge in [-0.1, -0.05) is 0 Å². The van der Waals surface area contributed by atoms with Gasteiger partial charge < -0.3 is 18.3 Å². The SMILES string of the molecule is COc1ccc(-c2nnc([C@@H](C)OC(=O)Cc3coc4cc(C)c(C)cc34)o2)cc1. The lowest BCUT2D eigenvalue weighted by Crippen LogP contribution is -2.11. The molecule has 4 aromatic rings. The zero-order valence-electron chi connectivity index (χ0n) is 17.3. The normalized spacial score (nSPS) is 12.1. The van der Waals surface area contributed by atoms with E-state index in [1.165, 1.54) is 0 Å². The quantitative estimate of drug-likeness (QED) is 0.418. The summed E-state index contributed by atoms with van der Waals surface area (Å²) in [7, 11) is 1.60. The number of hydrogen-bond donors (Lipinski definition) is 0. The summed E-state index contributed by atoms with van der Waals surface area (Å²) in [5, 5.41) is 8.97. The Balaban J connectivity index is 1.44. The van der Waals surface area contributed by atoms with Gasteiger partial charge in [-0.3, -0.25) is 4.79 Å². The highest BCUT2D eigenvalue weighted by Crippen LogP contribution is 2.27. The van der Waals surface area contributed by atoms with Gasteiger partial charge >= 0.3 is 5.97 Å². The first-order chi connectivity index (χ1) is 14.4. The highest BCUT2D eigenvalue weighted by molar-refractivity contribution is 5.86. The molecule has 30 heavy (non-hydrogen) atoms. The van der Waals surface area contributed by atoms with Gasteiger partial charge in [-0.25, -0.2) is 0 Å². The van der Waals surface area contributed by atoms with E-state index < -0.39 is 12.1 Å². The minimum atomic E-state index is -0.667. The number of fused-ring (bicyclic) bond motifs is 1. The van der Waals surface area contributed by atoms with Crippen molar-refractivity contribution in [3.8, 4) is 17.2 Å². The van der Waals surface area contributed by atoms with E-state index >= 15 is 0 Å². The van der Waals surface area contributed by atoms with Gasteiger partial charge in [0.05, 0.1) is 19.8 Å². The van der Waals surface area contributed by atoms with Gasteiger partial charge in [-0.2, -0.15) is 0 Å². The fraction of sp³-hybridized carbons (Fsp3) is 0.261. The van der Waals surface area contributed by atoms with Crippen LogP contribution >= 0.6 is 0 Å². The molecule has 154 valence electrons. The van der Waals surface area contributed by atoms with Gasteiger partial charge in [0.15, 0.2) is 6.10 Å². The molecule has 2 heterocycles. The summed E-state index contributed by atoms with van der Waals surface area (Å²) in [5.74, 6) is 0.922. The number of aromatic nitrogens is 2. The summed E-state index contributed by atoms with van der Waals surface area (Å²) < 4.78 is 21.9. The molecule has 0 saturated carbocycles. The average molecular weight is 406 g/mol. The topological polar surface area (TPSA) is 87.6 Å². The molecule has 2 aromatic carbocycles. The van der Waals surface area contributed by atoms with Crippen LogP contribution in [0.2, 0.25) is 0 Å². The molecule has 0 aliphatic heterocycles. The Hall–Kier alpha value is -3.61. The molecular weight excluding hydrogens is 384 g/mol. The first-order valence-corrected chi connectivity index (χ1v) is 9.59. The highest BCUT2D eigenvalue weighted by Gasteiger charge is 2.20. The molecule has 0 aliphatic carbocycles. The first kappa shape index (κ1) is 19.7. The molecule has 0 fully saturated rings. The van der Waals surface area contributed by atoms with Crippen molar-refractivity contribution in [2.45, 2.75) is 33.3 Å². The van der Waals surface area contributed by atoms with Crippen molar-refractivity contribution < 1.29 is 23.1 Å². The Bertz CT molecular complexity index is 1190. The number of furan rings is 1. The predicted octanol–water partition coefficient (Wildman–Crippen LogP) is 4.96. The Morgan fingerprint density at radius 1 is 1.10 bits per heavy atom. The van der Waals surface area contributed by atoms with Gasteiger partial charge in [0, 0.05) is 16.5 Å². The van der Waals surface area contributed by atoms with Crippen molar-refractivity contribution >= 4 is 16.9 Å². The van der Waals surface area contributed by atoms with Gasteiger partial charge in [-0.05, 0) is 68.3 Å². The van der Waals surface area contributed by atoms with Crippen LogP contribution in [0.15, 0.2) is 51.5 Å². The molecule has 7 nitrogen and oxygen atoms in total. The van der Waals surface area contributed by atoms with Gasteiger partial charge in [0.25, 0.3) is 5.89 Å². The number of benzene rings is 2. The molecule has 4 rings (SSSR count). The van der Waals surface area contributed by atoms with Crippen LogP contribution in [0, 0.1) is 13.8 Å². The summed E-state index contributed by atoms with van der Waals surface area (Å²) in [6.07, 6.45) is 1.03. The summed E-state index contributed by atoms with van der Waals surface area (Å²) in [6, 6.07) is 11.3. The monoisotopic (exact) mass is 406 g/mol. The third kappa shape index (κ3) is 3.91. The Morgan fingerprint density at radius 3 is 2.57 bits per heavy atom. The van der Waals surface area contributed by atoms with Crippen molar-refractivity contribution in [3.63, 3.8) is 0 Å². The second-order valence-electron chi connectivity index (χ2n) is 7.18. The lowest BCUT2D eigenvalue weighted by molar-refractivity contribution is -0.148. The smallest absolute Gasteiger partial charge is 0.311 e. The molecule has 0 spiro atoms. The van der Waals surface area contributed by atoms with Gasteiger partial charge in [0.2, 0.25) is 5.89 Å². The maximum absolute atomic E-state index is 12.5. The number of ether oxygens (including phenoxy) is 2. The Kier molecular flexibility index (Phi) is 5.27. The number of methoxy groups -OCH3 is 1. The molecule has 0 amide bonds. The highest BCUT2D eigenvalue weighted by atomic mass is 16.6. The summed E-state index contributed by atoms with van der Waals surface area (Å²) >= 11 is 0. The third-order valence-corrected chi connectivity index (χ3v) is 5.04. The van der Waals surface area contributed by atoms with Crippen molar-refractivity contribution in [3.05, 3.63) is 65.2 Å². The van der Waals surface area contributed by atoms with E-state index in [4.69, 9.17) is 18.3 Å². The minimum Gasteiger partial charge on any atom is -0.497 e. The van der Waals surface area contributed by atoms with Crippen LogP contribution in [-0.4, -0.2) is 23.3 Å². The molecule has 0 radical (unpaired) electrons.